The fourth-order valence-corrected chi connectivity index (χ4v) is 4.13. The van der Waals surface area contributed by atoms with Crippen LogP contribution in [0.5, 0.6) is 5.88 Å². The second-order valence-electron chi connectivity index (χ2n) is 8.16. The van der Waals surface area contributed by atoms with E-state index in [2.05, 4.69) is 27.2 Å². The highest BCUT2D eigenvalue weighted by molar-refractivity contribution is 5.92. The maximum absolute atomic E-state index is 14.3. The SMILES string of the molecule is COc1nc(C2CCN(C)CC2)cc2c(NCCc3cccc(C(F)F)c3F)ncnc12.O=CO. The minimum atomic E-state index is -2.84. The summed E-state index contributed by atoms with van der Waals surface area (Å²) in [4.78, 5) is 24.0. The standard InChI is InChI=1S/C23H26F3N5O.CH2O2/c1-31-10-7-14(8-11-31)18-12-17-20(23(30-18)32-2)28-13-29-22(17)27-9-6-15-4-3-5-16(19(15)24)21(25)26;2-1-3/h3-5,12-14,21H,6-11H2,1-2H3,(H,27,28,29);1H,(H,2,3). The van der Waals surface area contributed by atoms with Crippen molar-refractivity contribution in [3.05, 3.63) is 53.2 Å². The number of likely N-dealkylation sites (tertiary alicyclic amines) is 1. The molecule has 3 aromatic rings. The van der Waals surface area contributed by atoms with E-state index in [1.807, 2.05) is 6.07 Å². The number of hydrogen-bond acceptors (Lipinski definition) is 7. The van der Waals surface area contributed by atoms with Gasteiger partial charge in [-0.25, -0.2) is 28.1 Å². The van der Waals surface area contributed by atoms with Gasteiger partial charge in [-0.1, -0.05) is 18.2 Å². The molecule has 1 aromatic carbocycles. The first-order valence-corrected chi connectivity index (χ1v) is 11.1. The van der Waals surface area contributed by atoms with Gasteiger partial charge in [-0.2, -0.15) is 0 Å². The fraction of sp³-hybridized carbons (Fsp3) is 0.417. The van der Waals surface area contributed by atoms with Crippen LogP contribution in [0.3, 0.4) is 0 Å². The van der Waals surface area contributed by atoms with Crippen molar-refractivity contribution in [1.29, 1.82) is 0 Å². The van der Waals surface area contributed by atoms with Crippen molar-refractivity contribution in [1.82, 2.24) is 19.9 Å². The Morgan fingerprint density at radius 3 is 2.66 bits per heavy atom. The predicted octanol–water partition coefficient (Wildman–Crippen LogP) is 4.27. The van der Waals surface area contributed by atoms with E-state index >= 15 is 0 Å². The Bertz CT molecular complexity index is 1140. The van der Waals surface area contributed by atoms with Crippen molar-refractivity contribution in [3.63, 3.8) is 0 Å². The Balaban J connectivity index is 0.00000108. The number of nitrogens with zero attached hydrogens (tertiary/aromatic N) is 4. The van der Waals surface area contributed by atoms with Crippen molar-refractivity contribution in [3.8, 4) is 5.88 Å². The number of methoxy groups -OCH3 is 1. The van der Waals surface area contributed by atoms with Crippen LogP contribution in [0, 0.1) is 5.82 Å². The lowest BCUT2D eigenvalue weighted by molar-refractivity contribution is -0.122. The minimum absolute atomic E-state index is 0.236. The zero-order valence-corrected chi connectivity index (χ0v) is 19.5. The van der Waals surface area contributed by atoms with Gasteiger partial charge in [-0.3, -0.25) is 4.79 Å². The second-order valence-corrected chi connectivity index (χ2v) is 8.16. The molecule has 0 saturated carbocycles. The molecule has 1 fully saturated rings. The lowest BCUT2D eigenvalue weighted by Crippen LogP contribution is -2.29. The molecule has 4 rings (SSSR count). The zero-order valence-electron chi connectivity index (χ0n) is 19.5. The first kappa shape index (κ1) is 26.1. The van der Waals surface area contributed by atoms with Gasteiger partial charge < -0.3 is 20.1 Å². The van der Waals surface area contributed by atoms with Gasteiger partial charge in [-0.05, 0) is 51.0 Å². The average Bonchev–Trinajstić information content (AvgIpc) is 2.85. The van der Waals surface area contributed by atoms with E-state index in [4.69, 9.17) is 19.6 Å². The number of carbonyl (C=O) groups is 1. The van der Waals surface area contributed by atoms with E-state index in [1.165, 1.54) is 18.5 Å². The number of aromatic nitrogens is 3. The summed E-state index contributed by atoms with van der Waals surface area (Å²) < 4.78 is 45.7. The number of benzene rings is 1. The zero-order chi connectivity index (χ0) is 25.4. The van der Waals surface area contributed by atoms with E-state index in [1.54, 1.807) is 7.11 Å². The van der Waals surface area contributed by atoms with Crippen LogP contribution in [0.1, 0.15) is 42.0 Å². The van der Waals surface area contributed by atoms with Crippen LogP contribution < -0.4 is 10.1 Å². The molecule has 0 radical (unpaired) electrons. The Hall–Kier alpha value is -3.47. The highest BCUT2D eigenvalue weighted by Crippen LogP contribution is 2.33. The first-order chi connectivity index (χ1) is 16.9. The van der Waals surface area contributed by atoms with E-state index in [0.29, 0.717) is 29.7 Å². The van der Waals surface area contributed by atoms with Crippen molar-refractivity contribution in [2.75, 3.05) is 39.1 Å². The number of nitrogens with one attached hydrogen (secondary N) is 1. The molecular weight excluding hydrogens is 463 g/mol. The number of carboxylic acid groups (broad SMARTS) is 1. The van der Waals surface area contributed by atoms with Crippen LogP contribution in [0.25, 0.3) is 10.9 Å². The van der Waals surface area contributed by atoms with Crippen LogP contribution >= 0.6 is 0 Å². The highest BCUT2D eigenvalue weighted by Gasteiger charge is 2.22. The number of fused-ring (bicyclic) bond motifs is 1. The summed E-state index contributed by atoms with van der Waals surface area (Å²) in [6.45, 7) is 2.09. The number of halogens is 3. The van der Waals surface area contributed by atoms with Crippen LogP contribution in [0.15, 0.2) is 30.6 Å². The van der Waals surface area contributed by atoms with Gasteiger partial charge in [0.25, 0.3) is 12.9 Å². The quantitative estimate of drug-likeness (QED) is 0.473. The summed E-state index contributed by atoms with van der Waals surface area (Å²) in [5.41, 5.74) is 1.19. The van der Waals surface area contributed by atoms with E-state index < -0.39 is 17.8 Å². The Labute approximate surface area is 201 Å². The topological polar surface area (TPSA) is 100 Å². The normalized spacial score (nSPS) is 14.5. The lowest BCUT2D eigenvalue weighted by Gasteiger charge is -2.28. The number of ether oxygens (including phenoxy) is 1. The van der Waals surface area contributed by atoms with Crippen LogP contribution in [0.2, 0.25) is 0 Å². The smallest absolute Gasteiger partial charge is 0.290 e. The molecule has 1 aliphatic rings. The molecular formula is C24H28F3N5O3. The van der Waals surface area contributed by atoms with Gasteiger partial charge in [-0.15, -0.1) is 0 Å². The molecule has 0 bridgehead atoms. The fourth-order valence-electron chi connectivity index (χ4n) is 4.13. The summed E-state index contributed by atoms with van der Waals surface area (Å²) in [7, 11) is 3.68. The van der Waals surface area contributed by atoms with Crippen LogP contribution in [-0.2, 0) is 11.2 Å². The molecule has 2 aromatic heterocycles. The maximum Gasteiger partial charge on any atom is 0.290 e. The molecule has 1 aliphatic heterocycles. The van der Waals surface area contributed by atoms with Gasteiger partial charge in [0.15, 0.2) is 0 Å². The average molecular weight is 492 g/mol. The summed E-state index contributed by atoms with van der Waals surface area (Å²) in [5, 5.41) is 10.9. The van der Waals surface area contributed by atoms with Gasteiger partial charge in [0.2, 0.25) is 5.88 Å². The molecule has 0 aliphatic carbocycles. The van der Waals surface area contributed by atoms with Gasteiger partial charge in [0.1, 0.15) is 23.5 Å². The van der Waals surface area contributed by atoms with E-state index in [9.17, 15) is 13.2 Å². The number of anilines is 1. The summed E-state index contributed by atoms with van der Waals surface area (Å²) >= 11 is 0. The molecule has 0 amide bonds. The molecule has 2 N–H and O–H groups in total. The van der Waals surface area contributed by atoms with E-state index in [0.717, 1.165) is 43.1 Å². The molecule has 11 heteroatoms. The Morgan fingerprint density at radius 1 is 1.29 bits per heavy atom. The van der Waals surface area contributed by atoms with Crippen molar-refractivity contribution < 1.29 is 27.8 Å². The predicted molar refractivity (Wildman–Crippen MR) is 126 cm³/mol. The second kappa shape index (κ2) is 12.3. The third-order valence-electron chi connectivity index (χ3n) is 5.97. The Morgan fingerprint density at radius 2 is 2.00 bits per heavy atom. The van der Waals surface area contributed by atoms with E-state index in [-0.39, 0.29) is 18.5 Å². The molecule has 35 heavy (non-hydrogen) atoms. The number of pyridine rings is 1. The largest absolute Gasteiger partial charge is 0.483 e. The van der Waals surface area contributed by atoms with Gasteiger partial charge in [0, 0.05) is 18.2 Å². The van der Waals surface area contributed by atoms with Crippen molar-refractivity contribution in [2.24, 2.45) is 0 Å². The number of rotatable bonds is 7. The minimum Gasteiger partial charge on any atom is -0.483 e. The van der Waals surface area contributed by atoms with Crippen molar-refractivity contribution >= 4 is 23.2 Å². The molecule has 188 valence electrons. The molecule has 8 nitrogen and oxygen atoms in total. The van der Waals surface area contributed by atoms with Crippen LogP contribution in [0.4, 0.5) is 19.0 Å². The number of alkyl halides is 2. The first-order valence-electron chi connectivity index (χ1n) is 11.1. The molecule has 3 heterocycles. The van der Waals surface area contributed by atoms with Gasteiger partial charge >= 0.3 is 0 Å². The molecule has 0 spiro atoms. The third kappa shape index (κ3) is 6.36. The lowest BCUT2D eigenvalue weighted by atomic mass is 9.92. The number of hydrogen-bond donors (Lipinski definition) is 2. The maximum atomic E-state index is 14.3. The number of piperidine rings is 1. The monoisotopic (exact) mass is 491 g/mol. The molecule has 0 atom stereocenters. The van der Waals surface area contributed by atoms with Crippen molar-refractivity contribution in [2.45, 2.75) is 31.6 Å². The summed E-state index contributed by atoms with van der Waals surface area (Å²) in [6.07, 6.45) is 0.832. The molecule has 1 saturated heterocycles. The Kier molecular flexibility index (Phi) is 9.18. The molecule has 0 unspecified atom stereocenters. The summed E-state index contributed by atoms with van der Waals surface area (Å²) in [5.74, 6) is 0.490. The summed E-state index contributed by atoms with van der Waals surface area (Å²) in [6, 6.07) is 6.07. The third-order valence-corrected chi connectivity index (χ3v) is 5.97. The highest BCUT2D eigenvalue weighted by atomic mass is 19.3. The van der Waals surface area contributed by atoms with Crippen LogP contribution in [-0.4, -0.2) is 65.2 Å². The van der Waals surface area contributed by atoms with Gasteiger partial charge in [0.05, 0.1) is 18.1 Å².